The highest BCUT2D eigenvalue weighted by Crippen LogP contribution is 2.24. The van der Waals surface area contributed by atoms with Crippen LogP contribution < -0.4 is 0 Å². The lowest BCUT2D eigenvalue weighted by Gasteiger charge is -2.14. The normalized spacial score (nSPS) is 12.4. The molecule has 0 aliphatic carbocycles. The summed E-state index contributed by atoms with van der Waals surface area (Å²) in [7, 11) is 0. The minimum atomic E-state index is -1.43. The van der Waals surface area contributed by atoms with Crippen LogP contribution in [0.5, 0.6) is 0 Å². The number of aliphatic hydroxyl groups excluding tert-OH is 2. The predicted octanol–water partition coefficient (Wildman–Crippen LogP) is 5.37. The van der Waals surface area contributed by atoms with Crippen molar-refractivity contribution < 1.29 is 29.4 Å². The molecule has 2 N–H and O–H groups in total. The van der Waals surface area contributed by atoms with Gasteiger partial charge in [0.15, 0.2) is 23.1 Å². The monoisotopic (exact) mass is 506 g/mol. The molecule has 0 aliphatic heterocycles. The molecule has 0 aliphatic rings. The summed E-state index contributed by atoms with van der Waals surface area (Å²) >= 11 is 0. The molecular weight excluding hydrogens is 480 g/mol. The molecular formula is C32H26O6. The molecule has 190 valence electrons. The first-order valence-corrected chi connectivity index (χ1v) is 12.2. The molecule has 4 aromatic carbocycles. The van der Waals surface area contributed by atoms with Gasteiger partial charge >= 0.3 is 0 Å². The third-order valence-electron chi connectivity index (χ3n) is 6.29. The maximum atomic E-state index is 13.1. The second-order valence-electron chi connectivity index (χ2n) is 8.79. The Balaban J connectivity index is 1.49. The summed E-state index contributed by atoms with van der Waals surface area (Å²) in [6, 6.07) is 29.2. The van der Waals surface area contributed by atoms with Crippen LogP contribution in [0.2, 0.25) is 0 Å². The van der Waals surface area contributed by atoms with E-state index in [-0.39, 0.29) is 35.1 Å². The summed E-state index contributed by atoms with van der Waals surface area (Å²) in [5.41, 5.74) is 1.20. The van der Waals surface area contributed by atoms with E-state index in [1.165, 1.54) is 24.3 Å². The van der Waals surface area contributed by atoms with E-state index < -0.39 is 35.3 Å². The molecule has 0 radical (unpaired) electrons. The van der Waals surface area contributed by atoms with Crippen LogP contribution >= 0.6 is 0 Å². The van der Waals surface area contributed by atoms with Gasteiger partial charge in [-0.05, 0) is 11.1 Å². The van der Waals surface area contributed by atoms with E-state index in [2.05, 4.69) is 0 Å². The summed E-state index contributed by atoms with van der Waals surface area (Å²) in [5, 5.41) is 21.1. The summed E-state index contributed by atoms with van der Waals surface area (Å²) in [4.78, 5) is 52.2. The van der Waals surface area contributed by atoms with Gasteiger partial charge in [-0.2, -0.15) is 0 Å². The lowest BCUT2D eigenvalue weighted by atomic mass is 9.91. The number of rotatable bonds is 11. The van der Waals surface area contributed by atoms with E-state index in [4.69, 9.17) is 0 Å². The fourth-order valence-electron chi connectivity index (χ4n) is 4.25. The first kappa shape index (κ1) is 26.5. The highest BCUT2D eigenvalue weighted by Gasteiger charge is 2.26. The molecule has 0 spiro atoms. The second-order valence-corrected chi connectivity index (χ2v) is 8.79. The zero-order valence-corrected chi connectivity index (χ0v) is 20.5. The Morgan fingerprint density at radius 3 is 1.08 bits per heavy atom. The first-order chi connectivity index (χ1) is 18.4. The minimum Gasteiger partial charge on any atom is -0.380 e. The number of hydrogen-bond donors (Lipinski definition) is 2. The largest absolute Gasteiger partial charge is 0.380 e. The zero-order valence-electron chi connectivity index (χ0n) is 20.5. The molecule has 0 bridgehead atoms. The molecule has 6 heteroatoms. The van der Waals surface area contributed by atoms with E-state index in [1.54, 1.807) is 84.9 Å². The number of carbonyl (C=O) groups excluding carboxylic acids is 4. The molecule has 6 nitrogen and oxygen atoms in total. The Bertz CT molecular complexity index is 1350. The first-order valence-electron chi connectivity index (χ1n) is 12.2. The van der Waals surface area contributed by atoms with Gasteiger partial charge in [-0.1, -0.05) is 109 Å². The van der Waals surface area contributed by atoms with Gasteiger partial charge in [-0.3, -0.25) is 19.2 Å². The molecule has 0 amide bonds. The van der Waals surface area contributed by atoms with Crippen molar-refractivity contribution in [1.82, 2.24) is 0 Å². The Labute approximate surface area is 220 Å². The van der Waals surface area contributed by atoms with Crippen molar-refractivity contribution in [3.8, 4) is 0 Å². The number of benzene rings is 4. The van der Waals surface area contributed by atoms with Gasteiger partial charge in [0.05, 0.1) is 0 Å². The van der Waals surface area contributed by atoms with Crippen LogP contribution in [0.15, 0.2) is 109 Å². The van der Waals surface area contributed by atoms with Gasteiger partial charge < -0.3 is 10.2 Å². The van der Waals surface area contributed by atoms with Gasteiger partial charge in [0.1, 0.15) is 12.2 Å². The molecule has 2 atom stereocenters. The number of aliphatic hydroxyl groups is 2. The summed E-state index contributed by atoms with van der Waals surface area (Å²) in [6.07, 6.45) is -3.26. The van der Waals surface area contributed by atoms with Crippen molar-refractivity contribution in [3.05, 3.63) is 143 Å². The topological polar surface area (TPSA) is 109 Å². The van der Waals surface area contributed by atoms with E-state index in [1.807, 2.05) is 0 Å². The number of hydrogen-bond acceptors (Lipinski definition) is 6. The zero-order chi connectivity index (χ0) is 27.1. The third-order valence-corrected chi connectivity index (χ3v) is 6.29. The molecule has 0 fully saturated rings. The molecule has 0 aromatic heterocycles. The van der Waals surface area contributed by atoms with Crippen LogP contribution in [-0.4, -0.2) is 33.3 Å². The van der Waals surface area contributed by atoms with E-state index in [0.29, 0.717) is 11.1 Å². The molecule has 2 unspecified atom stereocenters. The fraction of sp³-hybridized carbons (Fsp3) is 0.125. The average molecular weight is 507 g/mol. The molecule has 0 heterocycles. The van der Waals surface area contributed by atoms with Gasteiger partial charge in [0.25, 0.3) is 0 Å². The van der Waals surface area contributed by atoms with Crippen molar-refractivity contribution in [2.24, 2.45) is 0 Å². The maximum absolute atomic E-state index is 13.1. The Morgan fingerprint density at radius 1 is 0.447 bits per heavy atom. The second kappa shape index (κ2) is 12.1. The Kier molecular flexibility index (Phi) is 8.48. The Morgan fingerprint density at radius 2 is 0.737 bits per heavy atom. The van der Waals surface area contributed by atoms with E-state index in [9.17, 15) is 29.4 Å². The van der Waals surface area contributed by atoms with E-state index >= 15 is 0 Å². The number of Topliss-reactive ketones (excluding diaryl/α,β-unsaturated/α-hetero) is 4. The summed E-state index contributed by atoms with van der Waals surface area (Å²) in [6.45, 7) is 0. The van der Waals surface area contributed by atoms with Crippen LogP contribution in [0.1, 0.15) is 77.6 Å². The molecule has 38 heavy (non-hydrogen) atoms. The fourth-order valence-corrected chi connectivity index (χ4v) is 4.25. The van der Waals surface area contributed by atoms with Crippen molar-refractivity contribution in [3.63, 3.8) is 0 Å². The van der Waals surface area contributed by atoms with Crippen molar-refractivity contribution in [2.75, 3.05) is 0 Å². The lowest BCUT2D eigenvalue weighted by molar-refractivity contribution is 0.0739. The average Bonchev–Trinajstić information content (AvgIpc) is 2.99. The van der Waals surface area contributed by atoms with Crippen molar-refractivity contribution in [2.45, 2.75) is 25.0 Å². The quantitative estimate of drug-likeness (QED) is 0.265. The molecule has 4 aromatic rings. The van der Waals surface area contributed by atoms with E-state index in [0.717, 1.165) is 0 Å². The third kappa shape index (κ3) is 5.89. The SMILES string of the molecule is O=C(CCC(=O)c1ccccc1C(=O)C(O)c1ccccc1)c1ccccc1C(=O)C(O)c1ccccc1. The van der Waals surface area contributed by atoms with Crippen LogP contribution in [-0.2, 0) is 0 Å². The highest BCUT2D eigenvalue weighted by atomic mass is 16.3. The predicted molar refractivity (Wildman–Crippen MR) is 142 cm³/mol. The lowest BCUT2D eigenvalue weighted by Crippen LogP contribution is -2.18. The molecule has 4 rings (SSSR count). The highest BCUT2D eigenvalue weighted by molar-refractivity contribution is 6.13. The van der Waals surface area contributed by atoms with Crippen molar-refractivity contribution >= 4 is 23.1 Å². The van der Waals surface area contributed by atoms with Crippen LogP contribution in [0.25, 0.3) is 0 Å². The smallest absolute Gasteiger partial charge is 0.196 e. The van der Waals surface area contributed by atoms with Gasteiger partial charge in [-0.15, -0.1) is 0 Å². The van der Waals surface area contributed by atoms with Gasteiger partial charge in [0, 0.05) is 35.1 Å². The number of carbonyl (C=O) groups is 4. The van der Waals surface area contributed by atoms with Crippen molar-refractivity contribution in [1.29, 1.82) is 0 Å². The Hall–Kier alpha value is -4.52. The summed E-state index contributed by atoms with van der Waals surface area (Å²) < 4.78 is 0. The maximum Gasteiger partial charge on any atom is 0.196 e. The molecule has 0 saturated heterocycles. The summed E-state index contributed by atoms with van der Waals surface area (Å²) in [5.74, 6) is -2.10. The van der Waals surface area contributed by atoms with Gasteiger partial charge in [0.2, 0.25) is 0 Å². The number of ketones is 4. The van der Waals surface area contributed by atoms with Crippen LogP contribution in [0.4, 0.5) is 0 Å². The van der Waals surface area contributed by atoms with Crippen LogP contribution in [0, 0.1) is 0 Å². The minimum absolute atomic E-state index is 0.0721. The van der Waals surface area contributed by atoms with Gasteiger partial charge in [-0.25, -0.2) is 0 Å². The van der Waals surface area contributed by atoms with Crippen LogP contribution in [0.3, 0.4) is 0 Å². The standard InChI is InChI=1S/C32H26O6/c33-27(23-15-7-9-17-25(23)31(37)29(35)21-11-3-1-4-12-21)19-20-28(34)24-16-8-10-18-26(24)32(38)30(36)22-13-5-2-6-14-22/h1-18,29-30,35-36H,19-20H2. The molecule has 0 saturated carbocycles.